The van der Waals surface area contributed by atoms with Crippen LogP contribution < -0.4 is 10.5 Å². The Morgan fingerprint density at radius 2 is 1.77 bits per heavy atom. The van der Waals surface area contributed by atoms with Gasteiger partial charge >= 0.3 is 0 Å². The number of aromatic amines is 1. The van der Waals surface area contributed by atoms with Crippen molar-refractivity contribution >= 4 is 45.9 Å². The van der Waals surface area contributed by atoms with Gasteiger partial charge in [-0.2, -0.15) is 5.10 Å². The molecule has 12 heteroatoms. The van der Waals surface area contributed by atoms with Gasteiger partial charge in [-0.1, -0.05) is 55.8 Å². The first-order chi connectivity index (χ1) is 26.0. The molecule has 2 aliphatic rings. The molecule has 3 aromatic heterocycles. The van der Waals surface area contributed by atoms with Gasteiger partial charge in [0.05, 0.1) is 41.4 Å². The third kappa shape index (κ3) is 9.17. The second-order valence-electron chi connectivity index (χ2n) is 12.3. The number of hydrogen-bond acceptors (Lipinski definition) is 8. The molecule has 5 heterocycles. The maximum absolute atomic E-state index is 14.2. The maximum Gasteiger partial charge on any atom is 0.214 e. The van der Waals surface area contributed by atoms with Crippen LogP contribution >= 0.6 is 11.6 Å². The molecule has 6 aromatic rings. The van der Waals surface area contributed by atoms with Crippen LogP contribution in [0.5, 0.6) is 5.88 Å². The van der Waals surface area contributed by atoms with Gasteiger partial charge in [0.15, 0.2) is 0 Å². The molecular weight excluding hydrogens is 693 g/mol. The molecule has 0 radical (unpaired) electrons. The van der Waals surface area contributed by atoms with E-state index in [0.29, 0.717) is 16.5 Å². The topological polar surface area (TPSA) is 124 Å². The van der Waals surface area contributed by atoms with Crippen molar-refractivity contribution in [2.45, 2.75) is 59.4 Å². The third-order valence-corrected chi connectivity index (χ3v) is 9.42. The largest absolute Gasteiger partial charge is 0.473 e. The number of hydrogen-bond donors (Lipinski definition) is 2. The van der Waals surface area contributed by atoms with Crippen molar-refractivity contribution in [3.63, 3.8) is 0 Å². The van der Waals surface area contributed by atoms with Gasteiger partial charge in [0.1, 0.15) is 25.0 Å². The van der Waals surface area contributed by atoms with Crippen molar-refractivity contribution < 1.29 is 18.7 Å². The number of pyridine rings is 1. The first-order valence-electron chi connectivity index (χ1n) is 17.8. The number of halogens is 2. The Balaban J connectivity index is 0.000000861. The molecule has 278 valence electrons. The van der Waals surface area contributed by atoms with Gasteiger partial charge in [0.2, 0.25) is 5.88 Å². The molecule has 0 aliphatic carbocycles. The van der Waals surface area contributed by atoms with E-state index in [4.69, 9.17) is 35.8 Å². The summed E-state index contributed by atoms with van der Waals surface area (Å²) in [5.74, 6) is 1.13. The Kier molecular flexibility index (Phi) is 13.9. The van der Waals surface area contributed by atoms with E-state index >= 15 is 0 Å². The van der Waals surface area contributed by atoms with Crippen molar-refractivity contribution in [3.05, 3.63) is 112 Å². The molecule has 8 rings (SSSR count). The van der Waals surface area contributed by atoms with Gasteiger partial charge < -0.3 is 24.6 Å². The fraction of sp³-hybridized carbons (Fsp3) is 0.317. The van der Waals surface area contributed by atoms with E-state index in [-0.39, 0.29) is 18.5 Å². The average molecular weight is 740 g/mol. The maximum atomic E-state index is 14.2. The lowest BCUT2D eigenvalue weighted by Gasteiger charge is -2.29. The van der Waals surface area contributed by atoms with E-state index in [9.17, 15) is 4.39 Å². The molecule has 2 aliphatic heterocycles. The molecular formula is C41H47ClFN7O3. The lowest BCUT2D eigenvalue weighted by atomic mass is 10.0. The lowest BCUT2D eigenvalue weighted by molar-refractivity contribution is -0.0980. The number of fused-ring (bicyclic) bond motifs is 2. The number of rotatable bonds is 9. The molecule has 3 N–H and O–H groups in total. The second-order valence-corrected chi connectivity index (χ2v) is 12.7. The summed E-state index contributed by atoms with van der Waals surface area (Å²) < 4.78 is 28.3. The molecule has 0 spiro atoms. The highest BCUT2D eigenvalue weighted by Gasteiger charge is 2.24. The van der Waals surface area contributed by atoms with Crippen molar-refractivity contribution in [2.24, 2.45) is 5.73 Å². The number of carbonyl (C=O) groups is 1. The highest BCUT2D eigenvalue weighted by atomic mass is 35.5. The SMILES string of the molecule is C=O.CC.CN.Cc1[nH]nc2ccc(-c3ccc4nc(CN5CC=C(c6cccc(OCc7ccc(Cl)cc7F)n6)CC5)n(CC5CCO5)c4c3)cc12. The van der Waals surface area contributed by atoms with Gasteiger partial charge in [0, 0.05) is 47.4 Å². The normalized spacial score (nSPS) is 15.2. The Bertz CT molecular complexity index is 2160. The number of nitrogens with two attached hydrogens (primary N) is 1. The lowest BCUT2D eigenvalue weighted by Crippen LogP contribution is -2.33. The number of nitrogens with one attached hydrogen (secondary N) is 1. The fourth-order valence-corrected chi connectivity index (χ4v) is 6.54. The van der Waals surface area contributed by atoms with Crippen molar-refractivity contribution in [3.8, 4) is 17.0 Å². The highest BCUT2D eigenvalue weighted by molar-refractivity contribution is 6.30. The van der Waals surface area contributed by atoms with Gasteiger partial charge in [-0.05, 0) is 86.0 Å². The summed E-state index contributed by atoms with van der Waals surface area (Å²) in [5, 5.41) is 8.97. The Morgan fingerprint density at radius 1 is 1.02 bits per heavy atom. The minimum Gasteiger partial charge on any atom is -0.473 e. The van der Waals surface area contributed by atoms with Crippen molar-refractivity contribution in [1.82, 2.24) is 29.6 Å². The summed E-state index contributed by atoms with van der Waals surface area (Å²) in [6.07, 6.45) is 4.37. The van der Waals surface area contributed by atoms with Crippen LogP contribution in [0.1, 0.15) is 49.5 Å². The number of H-pyrrole nitrogens is 1. The molecule has 53 heavy (non-hydrogen) atoms. The molecule has 3 aromatic carbocycles. The Labute approximate surface area is 314 Å². The molecule has 1 fully saturated rings. The number of aryl methyl sites for hydroxylation is 1. The number of benzene rings is 3. The van der Waals surface area contributed by atoms with Crippen LogP contribution in [0.25, 0.3) is 38.6 Å². The summed E-state index contributed by atoms with van der Waals surface area (Å²) in [6.45, 7) is 12.2. The van der Waals surface area contributed by atoms with Crippen LogP contribution in [0.3, 0.4) is 0 Å². The first kappa shape index (κ1) is 39.3. The minimum atomic E-state index is -0.389. The highest BCUT2D eigenvalue weighted by Crippen LogP contribution is 2.31. The van der Waals surface area contributed by atoms with E-state index in [1.54, 1.807) is 18.2 Å². The average Bonchev–Trinajstić information content (AvgIpc) is 3.73. The Hall–Kier alpha value is -4.94. The summed E-state index contributed by atoms with van der Waals surface area (Å²) in [4.78, 5) is 20.3. The van der Waals surface area contributed by atoms with Gasteiger partial charge in [-0.15, -0.1) is 0 Å². The van der Waals surface area contributed by atoms with E-state index in [1.807, 2.05) is 32.8 Å². The summed E-state index contributed by atoms with van der Waals surface area (Å²) in [5.41, 5.74) is 13.5. The van der Waals surface area contributed by atoms with Crippen molar-refractivity contribution in [2.75, 3.05) is 26.7 Å². The van der Waals surface area contributed by atoms with E-state index in [1.165, 1.54) is 18.7 Å². The zero-order valence-electron chi connectivity index (χ0n) is 30.7. The van der Waals surface area contributed by atoms with Crippen LogP contribution in [0.2, 0.25) is 5.02 Å². The van der Waals surface area contributed by atoms with E-state index in [0.717, 1.165) is 95.9 Å². The Morgan fingerprint density at radius 3 is 2.47 bits per heavy atom. The van der Waals surface area contributed by atoms with Crippen LogP contribution in [0.15, 0.2) is 78.9 Å². The number of carbonyl (C=O) groups excluding carboxylic acids is 1. The van der Waals surface area contributed by atoms with Crippen molar-refractivity contribution in [1.29, 1.82) is 0 Å². The summed E-state index contributed by atoms with van der Waals surface area (Å²) in [7, 11) is 1.50. The molecule has 10 nitrogen and oxygen atoms in total. The van der Waals surface area contributed by atoms with E-state index < -0.39 is 0 Å². The molecule has 0 saturated carbocycles. The molecule has 0 bridgehead atoms. The fourth-order valence-electron chi connectivity index (χ4n) is 6.38. The quantitative estimate of drug-likeness (QED) is 0.152. The summed E-state index contributed by atoms with van der Waals surface area (Å²) in [6, 6.07) is 23.3. The monoisotopic (exact) mass is 739 g/mol. The zero-order chi connectivity index (χ0) is 37.9. The van der Waals surface area contributed by atoms with Crippen LogP contribution in [0, 0.1) is 12.7 Å². The number of nitrogens with zero attached hydrogens (tertiary/aromatic N) is 5. The number of aromatic nitrogens is 5. The van der Waals surface area contributed by atoms with Gasteiger partial charge in [0.25, 0.3) is 0 Å². The number of ether oxygens (including phenoxy) is 2. The molecule has 1 unspecified atom stereocenters. The van der Waals surface area contributed by atoms with Crippen LogP contribution in [-0.2, 0) is 29.2 Å². The summed E-state index contributed by atoms with van der Waals surface area (Å²) >= 11 is 5.88. The predicted octanol–water partition coefficient (Wildman–Crippen LogP) is 8.15. The minimum absolute atomic E-state index is 0.0833. The smallest absolute Gasteiger partial charge is 0.214 e. The first-order valence-corrected chi connectivity index (χ1v) is 18.2. The molecule has 1 atom stereocenters. The van der Waals surface area contributed by atoms with Gasteiger partial charge in [-0.3, -0.25) is 10.00 Å². The molecule has 0 amide bonds. The molecule has 1 saturated heterocycles. The van der Waals surface area contributed by atoms with Crippen LogP contribution in [0.4, 0.5) is 4.39 Å². The standard InChI is InChI=1S/C37H34ClFN6O2.C2H6.CH5N.CH2O/c1-23-30-17-25(6-9-33(30)43-42-23)26-7-10-34-35(18-26)45(20-29-13-16-46-29)36(40-34)21-44-14-11-24(12-15-44)32-3-2-4-37(41-32)47-22-27-5-8-28(38)19-31(27)39;3*1-2/h2-11,17-19,29H,12-16,20-22H2,1H3,(H,42,43);1-2H3;2H2,1H3;1H2. The third-order valence-electron chi connectivity index (χ3n) is 9.19. The predicted molar refractivity (Wildman–Crippen MR) is 210 cm³/mol. The second kappa shape index (κ2) is 18.7. The number of imidazole rings is 1. The van der Waals surface area contributed by atoms with Gasteiger partial charge in [-0.25, -0.2) is 14.4 Å². The van der Waals surface area contributed by atoms with Crippen LogP contribution in [-0.4, -0.2) is 69.3 Å². The van der Waals surface area contributed by atoms with E-state index in [2.05, 4.69) is 74.8 Å². The zero-order valence-corrected chi connectivity index (χ0v) is 31.5.